The van der Waals surface area contributed by atoms with Crippen molar-refractivity contribution in [3.05, 3.63) is 29.8 Å². The number of hydrogen-bond acceptors (Lipinski definition) is 4. The van der Waals surface area contributed by atoms with E-state index in [1.807, 2.05) is 24.3 Å². The Morgan fingerprint density at radius 3 is 2.33 bits per heavy atom. The lowest BCUT2D eigenvalue weighted by Crippen LogP contribution is -2.44. The van der Waals surface area contributed by atoms with Crippen molar-refractivity contribution < 1.29 is 19.4 Å². The van der Waals surface area contributed by atoms with Crippen LogP contribution in [0, 0.1) is 5.92 Å². The molecule has 3 rings (SSSR count). The monoisotopic (exact) mass is 332 g/mol. The van der Waals surface area contributed by atoms with Crippen molar-refractivity contribution in [2.45, 2.75) is 39.0 Å². The number of aliphatic carboxylic acids is 1. The number of morpholine rings is 1. The Hall–Kier alpha value is -1.92. The number of benzene rings is 1. The summed E-state index contributed by atoms with van der Waals surface area (Å²) in [5.74, 6) is -1.63. The molecule has 0 bridgehead atoms. The highest BCUT2D eigenvalue weighted by molar-refractivity contribution is 5.99. The van der Waals surface area contributed by atoms with Gasteiger partial charge in [-0.3, -0.25) is 14.5 Å². The number of carboxylic acid groups (broad SMARTS) is 1. The fourth-order valence-electron chi connectivity index (χ4n) is 3.58. The SMILES string of the molecule is C[C@H]1CN(Cc2ccc(N3CC(C(=O)O)CC3=O)cc2)C[C@H](C)O1. The van der Waals surface area contributed by atoms with Crippen LogP contribution in [0.15, 0.2) is 24.3 Å². The van der Waals surface area contributed by atoms with Crippen LogP contribution < -0.4 is 4.90 Å². The second kappa shape index (κ2) is 6.91. The van der Waals surface area contributed by atoms with Gasteiger partial charge in [-0.05, 0) is 31.5 Å². The first-order chi connectivity index (χ1) is 11.4. The van der Waals surface area contributed by atoms with Gasteiger partial charge in [0.15, 0.2) is 0 Å². The summed E-state index contributed by atoms with van der Waals surface area (Å²) in [6.07, 6.45) is 0.562. The van der Waals surface area contributed by atoms with Crippen molar-refractivity contribution in [1.29, 1.82) is 0 Å². The van der Waals surface area contributed by atoms with E-state index in [9.17, 15) is 9.59 Å². The lowest BCUT2D eigenvalue weighted by Gasteiger charge is -2.35. The highest BCUT2D eigenvalue weighted by Crippen LogP contribution is 2.26. The topological polar surface area (TPSA) is 70.1 Å². The summed E-state index contributed by atoms with van der Waals surface area (Å²) in [5, 5.41) is 9.07. The fraction of sp³-hybridized carbons (Fsp3) is 0.556. The molecule has 2 aliphatic rings. The molecule has 1 unspecified atom stereocenters. The fourth-order valence-corrected chi connectivity index (χ4v) is 3.58. The van der Waals surface area contributed by atoms with Crippen molar-refractivity contribution in [3.8, 4) is 0 Å². The van der Waals surface area contributed by atoms with Crippen molar-refractivity contribution in [1.82, 2.24) is 4.90 Å². The Balaban J connectivity index is 1.63. The van der Waals surface area contributed by atoms with Crippen LogP contribution in [0.4, 0.5) is 5.69 Å². The third-order valence-electron chi connectivity index (χ3n) is 4.62. The number of carbonyl (C=O) groups excluding carboxylic acids is 1. The van der Waals surface area contributed by atoms with Crippen LogP contribution in [0.25, 0.3) is 0 Å². The van der Waals surface area contributed by atoms with Crippen LogP contribution in [0.3, 0.4) is 0 Å². The summed E-state index contributed by atoms with van der Waals surface area (Å²) >= 11 is 0. The van der Waals surface area contributed by atoms with Crippen LogP contribution >= 0.6 is 0 Å². The Morgan fingerprint density at radius 1 is 1.17 bits per heavy atom. The van der Waals surface area contributed by atoms with Gasteiger partial charge in [0.1, 0.15) is 0 Å². The number of amides is 1. The summed E-state index contributed by atoms with van der Waals surface area (Å²) in [6, 6.07) is 7.85. The van der Waals surface area contributed by atoms with Crippen molar-refractivity contribution in [2.24, 2.45) is 5.92 Å². The largest absolute Gasteiger partial charge is 0.481 e. The van der Waals surface area contributed by atoms with E-state index in [-0.39, 0.29) is 31.1 Å². The average Bonchev–Trinajstić information content (AvgIpc) is 2.89. The first-order valence-corrected chi connectivity index (χ1v) is 8.42. The molecule has 0 aromatic heterocycles. The highest BCUT2D eigenvalue weighted by atomic mass is 16.5. The third-order valence-corrected chi connectivity index (χ3v) is 4.62. The zero-order valence-corrected chi connectivity index (χ0v) is 14.1. The molecule has 6 heteroatoms. The van der Waals surface area contributed by atoms with Crippen LogP contribution in [-0.4, -0.2) is 53.7 Å². The molecular formula is C18H24N2O4. The summed E-state index contributed by atoms with van der Waals surface area (Å²) in [5.41, 5.74) is 1.96. The van der Waals surface area contributed by atoms with Gasteiger partial charge in [-0.1, -0.05) is 12.1 Å². The van der Waals surface area contributed by atoms with E-state index in [4.69, 9.17) is 9.84 Å². The van der Waals surface area contributed by atoms with Gasteiger partial charge in [-0.2, -0.15) is 0 Å². The zero-order chi connectivity index (χ0) is 17.3. The number of hydrogen-bond donors (Lipinski definition) is 1. The number of carbonyl (C=O) groups is 2. The molecule has 0 spiro atoms. The summed E-state index contributed by atoms with van der Waals surface area (Å²) < 4.78 is 5.75. The maximum Gasteiger partial charge on any atom is 0.308 e. The molecule has 0 aliphatic carbocycles. The standard InChI is InChI=1S/C18H24N2O4/c1-12-8-19(9-13(2)24-12)10-14-3-5-16(6-4-14)20-11-15(18(22)23)7-17(20)21/h3-6,12-13,15H,7-11H2,1-2H3,(H,22,23)/t12-,13-,15?/m0/s1. The molecule has 130 valence electrons. The molecular weight excluding hydrogens is 308 g/mol. The van der Waals surface area contributed by atoms with E-state index in [1.165, 1.54) is 5.56 Å². The van der Waals surface area contributed by atoms with Crippen molar-refractivity contribution in [3.63, 3.8) is 0 Å². The molecule has 1 amide bonds. The van der Waals surface area contributed by atoms with Gasteiger partial charge >= 0.3 is 5.97 Å². The van der Waals surface area contributed by atoms with E-state index in [1.54, 1.807) is 4.90 Å². The molecule has 1 aromatic carbocycles. The number of anilines is 1. The molecule has 2 fully saturated rings. The molecule has 6 nitrogen and oxygen atoms in total. The van der Waals surface area contributed by atoms with Gasteiger partial charge in [-0.25, -0.2) is 0 Å². The Morgan fingerprint density at radius 2 is 1.79 bits per heavy atom. The maximum atomic E-state index is 12.0. The second-order valence-corrected chi connectivity index (χ2v) is 6.86. The van der Waals surface area contributed by atoms with Crippen molar-refractivity contribution >= 4 is 17.6 Å². The molecule has 2 saturated heterocycles. The number of rotatable bonds is 4. The molecule has 2 heterocycles. The smallest absolute Gasteiger partial charge is 0.308 e. The van der Waals surface area contributed by atoms with Gasteiger partial charge < -0.3 is 14.7 Å². The van der Waals surface area contributed by atoms with Gasteiger partial charge in [0.2, 0.25) is 5.91 Å². The molecule has 0 saturated carbocycles. The van der Waals surface area contributed by atoms with E-state index in [0.717, 1.165) is 25.3 Å². The van der Waals surface area contributed by atoms with Gasteiger partial charge in [0.05, 0.1) is 18.1 Å². The van der Waals surface area contributed by atoms with Crippen LogP contribution in [0.1, 0.15) is 25.8 Å². The minimum absolute atomic E-state index is 0.0840. The average molecular weight is 332 g/mol. The molecule has 24 heavy (non-hydrogen) atoms. The van der Waals surface area contributed by atoms with E-state index < -0.39 is 11.9 Å². The van der Waals surface area contributed by atoms with E-state index in [2.05, 4.69) is 18.7 Å². The highest BCUT2D eigenvalue weighted by Gasteiger charge is 2.35. The summed E-state index contributed by atoms with van der Waals surface area (Å²) in [7, 11) is 0. The molecule has 0 radical (unpaired) electrons. The lowest BCUT2D eigenvalue weighted by atomic mass is 10.1. The third kappa shape index (κ3) is 3.76. The quantitative estimate of drug-likeness (QED) is 0.909. The normalized spacial score (nSPS) is 28.3. The maximum absolute atomic E-state index is 12.0. The Bertz CT molecular complexity index is 606. The van der Waals surface area contributed by atoms with E-state index in [0.29, 0.717) is 0 Å². The van der Waals surface area contributed by atoms with Gasteiger partial charge in [-0.15, -0.1) is 0 Å². The predicted octanol–water partition coefficient (Wildman–Crippen LogP) is 1.73. The first-order valence-electron chi connectivity index (χ1n) is 8.42. The number of carboxylic acids is 1. The van der Waals surface area contributed by atoms with Crippen LogP contribution in [0.5, 0.6) is 0 Å². The first kappa shape index (κ1) is 16.9. The molecule has 2 aliphatic heterocycles. The summed E-state index contributed by atoms with van der Waals surface area (Å²) in [4.78, 5) is 27.0. The second-order valence-electron chi connectivity index (χ2n) is 6.86. The van der Waals surface area contributed by atoms with E-state index >= 15 is 0 Å². The van der Waals surface area contributed by atoms with Gasteiger partial charge in [0.25, 0.3) is 0 Å². The zero-order valence-electron chi connectivity index (χ0n) is 14.1. The molecule has 1 aromatic rings. The lowest BCUT2D eigenvalue weighted by molar-refractivity contribution is -0.141. The Labute approximate surface area is 142 Å². The predicted molar refractivity (Wildman–Crippen MR) is 89.8 cm³/mol. The summed E-state index contributed by atoms with van der Waals surface area (Å²) in [6.45, 7) is 7.11. The van der Waals surface area contributed by atoms with Gasteiger partial charge in [0, 0.05) is 38.3 Å². The van der Waals surface area contributed by atoms with Crippen LogP contribution in [0.2, 0.25) is 0 Å². The van der Waals surface area contributed by atoms with Crippen molar-refractivity contribution in [2.75, 3.05) is 24.5 Å². The minimum Gasteiger partial charge on any atom is -0.481 e. The number of nitrogens with zero attached hydrogens (tertiary/aromatic N) is 2. The Kier molecular flexibility index (Phi) is 4.87. The van der Waals surface area contributed by atoms with Crippen LogP contribution in [-0.2, 0) is 20.9 Å². The minimum atomic E-state index is -0.905. The number of ether oxygens (including phenoxy) is 1. The molecule has 3 atom stereocenters. The molecule has 1 N–H and O–H groups in total.